The SMILES string of the molecule is CC1CN(Cc2ccccc2Cl)S(=O)(=O)O1. The Bertz CT molecular complexity index is 489. The molecule has 1 heterocycles. The molecule has 1 unspecified atom stereocenters. The predicted octanol–water partition coefficient (Wildman–Crippen LogP) is 1.81. The van der Waals surface area contributed by atoms with Gasteiger partial charge < -0.3 is 0 Å². The summed E-state index contributed by atoms with van der Waals surface area (Å²) in [6.07, 6.45) is -0.299. The molecule has 1 aliphatic rings. The predicted molar refractivity (Wildman–Crippen MR) is 61.3 cm³/mol. The van der Waals surface area contributed by atoms with E-state index in [1.165, 1.54) is 4.31 Å². The van der Waals surface area contributed by atoms with Crippen molar-refractivity contribution in [3.05, 3.63) is 34.9 Å². The van der Waals surface area contributed by atoms with Crippen LogP contribution in [0.2, 0.25) is 5.02 Å². The Morgan fingerprint density at radius 2 is 2.19 bits per heavy atom. The maximum Gasteiger partial charge on any atom is 0.339 e. The molecule has 88 valence electrons. The Morgan fingerprint density at radius 1 is 1.50 bits per heavy atom. The quantitative estimate of drug-likeness (QED) is 0.816. The van der Waals surface area contributed by atoms with Crippen LogP contribution in [0.3, 0.4) is 0 Å². The van der Waals surface area contributed by atoms with Gasteiger partial charge in [0.2, 0.25) is 0 Å². The zero-order valence-electron chi connectivity index (χ0n) is 8.76. The summed E-state index contributed by atoms with van der Waals surface area (Å²) < 4.78 is 29.2. The lowest BCUT2D eigenvalue weighted by molar-refractivity contribution is 0.266. The van der Waals surface area contributed by atoms with Crippen LogP contribution in [0.1, 0.15) is 12.5 Å². The Labute approximate surface area is 100 Å². The fraction of sp³-hybridized carbons (Fsp3) is 0.400. The van der Waals surface area contributed by atoms with Gasteiger partial charge in [-0.3, -0.25) is 4.18 Å². The first-order chi connectivity index (χ1) is 7.49. The summed E-state index contributed by atoms with van der Waals surface area (Å²) in [6.45, 7) is 2.35. The van der Waals surface area contributed by atoms with Gasteiger partial charge in [-0.1, -0.05) is 29.8 Å². The summed E-state index contributed by atoms with van der Waals surface area (Å²) in [4.78, 5) is 0. The van der Waals surface area contributed by atoms with Crippen LogP contribution in [0.15, 0.2) is 24.3 Å². The smallest absolute Gasteiger partial charge is 0.253 e. The molecule has 0 radical (unpaired) electrons. The molecule has 16 heavy (non-hydrogen) atoms. The fourth-order valence-electron chi connectivity index (χ4n) is 1.64. The van der Waals surface area contributed by atoms with Crippen molar-refractivity contribution in [3.63, 3.8) is 0 Å². The van der Waals surface area contributed by atoms with E-state index in [1.54, 1.807) is 19.1 Å². The van der Waals surface area contributed by atoms with Crippen molar-refractivity contribution in [1.29, 1.82) is 0 Å². The van der Waals surface area contributed by atoms with Crippen LogP contribution >= 0.6 is 11.6 Å². The minimum absolute atomic E-state index is 0.256. The second kappa shape index (κ2) is 4.33. The zero-order valence-corrected chi connectivity index (χ0v) is 10.3. The topological polar surface area (TPSA) is 46.6 Å². The molecule has 0 spiro atoms. The number of hydrogen-bond donors (Lipinski definition) is 0. The molecule has 1 fully saturated rings. The van der Waals surface area contributed by atoms with E-state index < -0.39 is 10.3 Å². The van der Waals surface area contributed by atoms with Crippen LogP contribution < -0.4 is 0 Å². The van der Waals surface area contributed by atoms with Gasteiger partial charge in [0.15, 0.2) is 0 Å². The van der Waals surface area contributed by atoms with Gasteiger partial charge in [-0.25, -0.2) is 0 Å². The standard InChI is InChI=1S/C10H12ClNO3S/c1-8-6-12(16(13,14)15-8)7-9-4-2-3-5-10(9)11/h2-5,8H,6-7H2,1H3. The van der Waals surface area contributed by atoms with Crippen molar-refractivity contribution in [3.8, 4) is 0 Å². The van der Waals surface area contributed by atoms with E-state index in [0.29, 0.717) is 11.6 Å². The number of rotatable bonds is 2. The van der Waals surface area contributed by atoms with Gasteiger partial charge in [-0.2, -0.15) is 12.7 Å². The summed E-state index contributed by atoms with van der Waals surface area (Å²) in [7, 11) is -3.58. The van der Waals surface area contributed by atoms with Crippen molar-refractivity contribution in [1.82, 2.24) is 4.31 Å². The third-order valence-corrected chi connectivity index (χ3v) is 4.22. The number of hydrogen-bond acceptors (Lipinski definition) is 3. The normalized spacial score (nSPS) is 24.8. The lowest BCUT2D eigenvalue weighted by Gasteiger charge is -2.12. The maximum atomic E-state index is 11.5. The van der Waals surface area contributed by atoms with Crippen LogP contribution in [0.25, 0.3) is 0 Å². The maximum absolute atomic E-state index is 11.5. The molecule has 1 aromatic carbocycles. The molecular weight excluding hydrogens is 250 g/mol. The van der Waals surface area contributed by atoms with E-state index in [0.717, 1.165) is 5.56 Å². The van der Waals surface area contributed by atoms with E-state index >= 15 is 0 Å². The molecule has 1 saturated heterocycles. The van der Waals surface area contributed by atoms with Gasteiger partial charge in [-0.05, 0) is 18.6 Å². The highest BCUT2D eigenvalue weighted by atomic mass is 35.5. The molecule has 6 heteroatoms. The molecule has 0 N–H and O–H groups in total. The largest absolute Gasteiger partial charge is 0.339 e. The number of benzene rings is 1. The molecule has 0 amide bonds. The average Bonchev–Trinajstić information content (AvgIpc) is 2.43. The molecule has 1 aromatic rings. The van der Waals surface area contributed by atoms with Gasteiger partial charge in [0.25, 0.3) is 0 Å². The highest BCUT2D eigenvalue weighted by Gasteiger charge is 2.34. The number of nitrogens with zero attached hydrogens (tertiary/aromatic N) is 1. The molecule has 4 nitrogen and oxygen atoms in total. The highest BCUT2D eigenvalue weighted by molar-refractivity contribution is 7.84. The monoisotopic (exact) mass is 261 g/mol. The summed E-state index contributed by atoms with van der Waals surface area (Å²) in [5.41, 5.74) is 0.783. The van der Waals surface area contributed by atoms with Crippen molar-refractivity contribution in [2.75, 3.05) is 6.54 Å². The third kappa shape index (κ3) is 2.38. The summed E-state index contributed by atoms with van der Waals surface area (Å²) in [5.74, 6) is 0. The van der Waals surface area contributed by atoms with Crippen LogP contribution in [0.4, 0.5) is 0 Å². The molecular formula is C10H12ClNO3S. The minimum atomic E-state index is -3.58. The van der Waals surface area contributed by atoms with Crippen LogP contribution in [0.5, 0.6) is 0 Å². The average molecular weight is 262 g/mol. The second-order valence-corrected chi connectivity index (χ2v) is 5.72. The van der Waals surface area contributed by atoms with E-state index in [4.69, 9.17) is 15.8 Å². The molecule has 0 saturated carbocycles. The Hall–Kier alpha value is -0.620. The second-order valence-electron chi connectivity index (χ2n) is 3.75. The first-order valence-corrected chi connectivity index (χ1v) is 6.65. The van der Waals surface area contributed by atoms with Crippen LogP contribution in [0, 0.1) is 0 Å². The summed E-state index contributed by atoms with van der Waals surface area (Å²) in [5, 5.41) is 0.567. The fourth-order valence-corrected chi connectivity index (χ4v) is 3.12. The van der Waals surface area contributed by atoms with Crippen LogP contribution in [-0.4, -0.2) is 25.4 Å². The molecule has 0 bridgehead atoms. The zero-order chi connectivity index (χ0) is 11.8. The van der Waals surface area contributed by atoms with Gasteiger partial charge in [0, 0.05) is 18.1 Å². The third-order valence-electron chi connectivity index (χ3n) is 2.37. The first kappa shape index (κ1) is 11.9. The Morgan fingerprint density at radius 3 is 2.75 bits per heavy atom. The molecule has 2 rings (SSSR count). The van der Waals surface area contributed by atoms with Gasteiger partial charge in [0.1, 0.15) is 0 Å². The molecule has 0 aromatic heterocycles. The number of halogens is 1. The van der Waals surface area contributed by atoms with Crippen molar-refractivity contribution in [2.45, 2.75) is 19.6 Å². The summed E-state index contributed by atoms with van der Waals surface area (Å²) >= 11 is 5.97. The van der Waals surface area contributed by atoms with E-state index in [1.807, 2.05) is 12.1 Å². The first-order valence-electron chi connectivity index (χ1n) is 4.91. The lowest BCUT2D eigenvalue weighted by Crippen LogP contribution is -2.25. The van der Waals surface area contributed by atoms with Crippen molar-refractivity contribution in [2.24, 2.45) is 0 Å². The van der Waals surface area contributed by atoms with Crippen LogP contribution in [-0.2, 0) is 21.0 Å². The van der Waals surface area contributed by atoms with Crippen molar-refractivity contribution >= 4 is 21.9 Å². The Kier molecular flexibility index (Phi) is 3.21. The minimum Gasteiger partial charge on any atom is -0.253 e. The molecule has 1 aliphatic heterocycles. The van der Waals surface area contributed by atoms with Gasteiger partial charge >= 0.3 is 10.3 Å². The van der Waals surface area contributed by atoms with Crippen molar-refractivity contribution < 1.29 is 12.6 Å². The van der Waals surface area contributed by atoms with E-state index in [2.05, 4.69) is 0 Å². The van der Waals surface area contributed by atoms with Gasteiger partial charge in [0.05, 0.1) is 6.10 Å². The van der Waals surface area contributed by atoms with E-state index in [9.17, 15) is 8.42 Å². The summed E-state index contributed by atoms with van der Waals surface area (Å²) in [6, 6.07) is 7.18. The highest BCUT2D eigenvalue weighted by Crippen LogP contribution is 2.23. The Balaban J connectivity index is 2.20. The van der Waals surface area contributed by atoms with E-state index in [-0.39, 0.29) is 12.6 Å². The molecule has 0 aliphatic carbocycles. The van der Waals surface area contributed by atoms with Gasteiger partial charge in [-0.15, -0.1) is 0 Å². The lowest BCUT2D eigenvalue weighted by atomic mass is 10.2. The molecule has 1 atom stereocenters.